The van der Waals surface area contributed by atoms with Crippen LogP contribution in [0.3, 0.4) is 0 Å². The molecule has 1 rings (SSSR count). The van der Waals surface area contributed by atoms with E-state index in [1.54, 1.807) is 7.11 Å². The number of benzene rings is 1. The summed E-state index contributed by atoms with van der Waals surface area (Å²) in [7, 11) is 1.68. The molecule has 0 atom stereocenters. The van der Waals surface area contributed by atoms with Crippen LogP contribution in [0.25, 0.3) is 0 Å². The van der Waals surface area contributed by atoms with Gasteiger partial charge in [0.05, 0.1) is 11.1 Å². The molecule has 0 aromatic heterocycles. The third kappa shape index (κ3) is 7.27. The summed E-state index contributed by atoms with van der Waals surface area (Å²) in [6.45, 7) is 5.63. The summed E-state index contributed by atoms with van der Waals surface area (Å²) < 4.78 is 11.6. The molecule has 1 N–H and O–H groups in total. The Labute approximate surface area is 131 Å². The lowest BCUT2D eigenvalue weighted by molar-refractivity contribution is 0.146. The van der Waals surface area contributed by atoms with Gasteiger partial charge in [0.15, 0.2) is 0 Å². The number of aryl methyl sites for hydroxylation is 1. The fraction of sp³-hybridized carbons (Fsp3) is 0.625. The molecule has 0 fully saturated rings. The number of unbranched alkanes of at least 4 members (excludes halogenated alkanes) is 1. The summed E-state index contributed by atoms with van der Waals surface area (Å²) in [5.41, 5.74) is 1.35. The van der Waals surface area contributed by atoms with Gasteiger partial charge in [0.1, 0.15) is 12.4 Å². The standard InChI is InChI=1S/C16H26BrNO2/c1-3-9-18-10-5-4-6-14-7-8-16(15(17)13-14)20-12-11-19-2/h7-8,13,18H,3-6,9-12H2,1-2H3. The normalized spacial score (nSPS) is 10.8. The van der Waals surface area contributed by atoms with Gasteiger partial charge in [-0.25, -0.2) is 0 Å². The monoisotopic (exact) mass is 343 g/mol. The summed E-state index contributed by atoms with van der Waals surface area (Å²) >= 11 is 3.56. The van der Waals surface area contributed by atoms with Crippen LogP contribution >= 0.6 is 15.9 Å². The number of ether oxygens (including phenoxy) is 2. The van der Waals surface area contributed by atoms with Gasteiger partial charge in [-0.3, -0.25) is 0 Å². The average molecular weight is 344 g/mol. The highest BCUT2D eigenvalue weighted by atomic mass is 79.9. The highest BCUT2D eigenvalue weighted by molar-refractivity contribution is 9.10. The topological polar surface area (TPSA) is 30.5 Å². The molecule has 20 heavy (non-hydrogen) atoms. The number of hydrogen-bond acceptors (Lipinski definition) is 3. The lowest BCUT2D eigenvalue weighted by Crippen LogP contribution is -2.15. The fourth-order valence-electron chi connectivity index (χ4n) is 1.93. The minimum absolute atomic E-state index is 0.581. The minimum atomic E-state index is 0.581. The molecule has 4 heteroatoms. The van der Waals surface area contributed by atoms with Gasteiger partial charge in [-0.1, -0.05) is 13.0 Å². The molecule has 0 saturated carbocycles. The second kappa shape index (κ2) is 11.1. The van der Waals surface area contributed by atoms with Gasteiger partial charge >= 0.3 is 0 Å². The van der Waals surface area contributed by atoms with Crippen LogP contribution in [-0.2, 0) is 11.2 Å². The van der Waals surface area contributed by atoms with Crippen LogP contribution in [-0.4, -0.2) is 33.4 Å². The molecular weight excluding hydrogens is 318 g/mol. The van der Waals surface area contributed by atoms with Crippen molar-refractivity contribution in [3.05, 3.63) is 28.2 Å². The smallest absolute Gasteiger partial charge is 0.133 e. The molecule has 0 aliphatic carbocycles. The first-order valence-corrected chi connectivity index (χ1v) is 8.18. The predicted octanol–water partition coefficient (Wildman–Crippen LogP) is 3.80. The van der Waals surface area contributed by atoms with Crippen LogP contribution in [0, 0.1) is 0 Å². The number of rotatable bonds is 11. The van der Waals surface area contributed by atoms with Crippen LogP contribution in [0.5, 0.6) is 5.75 Å². The summed E-state index contributed by atoms with van der Waals surface area (Å²) in [6, 6.07) is 6.33. The molecule has 0 aliphatic heterocycles. The van der Waals surface area contributed by atoms with E-state index >= 15 is 0 Å². The van der Waals surface area contributed by atoms with E-state index < -0.39 is 0 Å². The first-order valence-electron chi connectivity index (χ1n) is 7.38. The van der Waals surface area contributed by atoms with E-state index in [0.29, 0.717) is 13.2 Å². The maximum Gasteiger partial charge on any atom is 0.133 e. The minimum Gasteiger partial charge on any atom is -0.490 e. The molecule has 0 saturated heterocycles. The molecule has 1 aromatic rings. The van der Waals surface area contributed by atoms with Gasteiger partial charge in [-0.2, -0.15) is 0 Å². The van der Waals surface area contributed by atoms with Gasteiger partial charge < -0.3 is 14.8 Å². The summed E-state index contributed by atoms with van der Waals surface area (Å²) in [6.07, 6.45) is 4.76. The number of methoxy groups -OCH3 is 1. The third-order valence-electron chi connectivity index (χ3n) is 3.04. The van der Waals surface area contributed by atoms with Gasteiger partial charge in [-0.05, 0) is 72.4 Å². The Morgan fingerprint density at radius 3 is 2.70 bits per heavy atom. The SMILES string of the molecule is CCCNCCCCc1ccc(OCCOC)c(Br)c1. The first kappa shape index (κ1) is 17.5. The molecule has 114 valence electrons. The predicted molar refractivity (Wildman–Crippen MR) is 87.6 cm³/mol. The molecule has 1 aromatic carbocycles. The Balaban J connectivity index is 2.28. The molecular formula is C16H26BrNO2. The zero-order valence-electron chi connectivity index (χ0n) is 12.6. The van der Waals surface area contributed by atoms with E-state index in [0.717, 1.165) is 29.7 Å². The average Bonchev–Trinajstić information content (AvgIpc) is 2.45. The zero-order chi connectivity index (χ0) is 14.6. The molecule has 0 unspecified atom stereocenters. The van der Waals surface area contributed by atoms with E-state index in [2.05, 4.69) is 40.3 Å². The number of nitrogens with one attached hydrogen (secondary N) is 1. The van der Waals surface area contributed by atoms with E-state index in [-0.39, 0.29) is 0 Å². The second-order valence-electron chi connectivity index (χ2n) is 4.81. The Kier molecular flexibility index (Phi) is 9.71. The zero-order valence-corrected chi connectivity index (χ0v) is 14.2. The Morgan fingerprint density at radius 2 is 2.00 bits per heavy atom. The quantitative estimate of drug-likeness (QED) is 0.620. The molecule has 0 spiro atoms. The summed E-state index contributed by atoms with van der Waals surface area (Å²) in [4.78, 5) is 0. The van der Waals surface area contributed by atoms with Crippen molar-refractivity contribution >= 4 is 15.9 Å². The summed E-state index contributed by atoms with van der Waals surface area (Å²) in [5.74, 6) is 0.885. The van der Waals surface area contributed by atoms with Crippen LogP contribution in [0.15, 0.2) is 22.7 Å². The molecule has 0 aliphatic rings. The van der Waals surface area contributed by atoms with Crippen LogP contribution in [0.1, 0.15) is 31.7 Å². The lowest BCUT2D eigenvalue weighted by atomic mass is 10.1. The Bertz CT molecular complexity index is 371. The second-order valence-corrected chi connectivity index (χ2v) is 5.67. The first-order chi connectivity index (χ1) is 9.77. The number of hydrogen-bond donors (Lipinski definition) is 1. The fourth-order valence-corrected chi connectivity index (χ4v) is 2.47. The summed E-state index contributed by atoms with van der Waals surface area (Å²) in [5, 5.41) is 3.43. The Morgan fingerprint density at radius 1 is 1.15 bits per heavy atom. The van der Waals surface area contributed by atoms with Crippen molar-refractivity contribution < 1.29 is 9.47 Å². The largest absolute Gasteiger partial charge is 0.490 e. The van der Waals surface area contributed by atoms with Gasteiger partial charge in [-0.15, -0.1) is 0 Å². The van der Waals surface area contributed by atoms with Crippen LogP contribution in [0.4, 0.5) is 0 Å². The maximum atomic E-state index is 5.62. The maximum absolute atomic E-state index is 5.62. The molecule has 0 bridgehead atoms. The van der Waals surface area contributed by atoms with Crippen molar-refractivity contribution in [3.63, 3.8) is 0 Å². The van der Waals surface area contributed by atoms with Crippen LogP contribution in [0.2, 0.25) is 0 Å². The highest BCUT2D eigenvalue weighted by Crippen LogP contribution is 2.26. The van der Waals surface area contributed by atoms with E-state index in [4.69, 9.17) is 9.47 Å². The third-order valence-corrected chi connectivity index (χ3v) is 3.66. The molecule has 0 radical (unpaired) electrons. The van der Waals surface area contributed by atoms with Crippen molar-refractivity contribution in [2.75, 3.05) is 33.4 Å². The van der Waals surface area contributed by atoms with E-state index in [1.807, 2.05) is 6.07 Å². The van der Waals surface area contributed by atoms with Crippen molar-refractivity contribution in [1.82, 2.24) is 5.32 Å². The van der Waals surface area contributed by atoms with Crippen molar-refractivity contribution in [3.8, 4) is 5.75 Å². The van der Waals surface area contributed by atoms with Gasteiger partial charge in [0, 0.05) is 7.11 Å². The van der Waals surface area contributed by atoms with E-state index in [1.165, 1.54) is 24.8 Å². The molecule has 3 nitrogen and oxygen atoms in total. The number of halogens is 1. The lowest BCUT2D eigenvalue weighted by Gasteiger charge is -2.09. The van der Waals surface area contributed by atoms with Crippen LogP contribution < -0.4 is 10.1 Å². The molecule has 0 amide bonds. The van der Waals surface area contributed by atoms with Crippen molar-refractivity contribution in [2.45, 2.75) is 32.6 Å². The Hall–Kier alpha value is -0.580. The molecule has 0 heterocycles. The van der Waals surface area contributed by atoms with Crippen molar-refractivity contribution in [2.24, 2.45) is 0 Å². The van der Waals surface area contributed by atoms with Gasteiger partial charge in [0.25, 0.3) is 0 Å². The highest BCUT2D eigenvalue weighted by Gasteiger charge is 2.03. The van der Waals surface area contributed by atoms with Crippen molar-refractivity contribution in [1.29, 1.82) is 0 Å². The van der Waals surface area contributed by atoms with E-state index in [9.17, 15) is 0 Å². The van der Waals surface area contributed by atoms with Gasteiger partial charge in [0.2, 0.25) is 0 Å².